The minimum Gasteiger partial charge on any atom is -0.487 e. The summed E-state index contributed by atoms with van der Waals surface area (Å²) in [5.74, 6) is 0.713. The normalized spacial score (nSPS) is 10.5. The molecule has 2 nitrogen and oxygen atoms in total. The summed E-state index contributed by atoms with van der Waals surface area (Å²) in [5.41, 5.74) is 7.67. The molecule has 0 spiro atoms. The molecule has 0 amide bonds. The largest absolute Gasteiger partial charge is 0.487 e. The summed E-state index contributed by atoms with van der Waals surface area (Å²) in [4.78, 5) is 0. The molecule has 0 aliphatic rings. The van der Waals surface area contributed by atoms with E-state index in [1.54, 1.807) is 0 Å². The van der Waals surface area contributed by atoms with Gasteiger partial charge >= 0.3 is 0 Å². The van der Waals surface area contributed by atoms with Crippen LogP contribution in [-0.4, -0.2) is 6.54 Å². The molecule has 4 heteroatoms. The van der Waals surface area contributed by atoms with Crippen LogP contribution in [0.25, 0.3) is 0 Å². The van der Waals surface area contributed by atoms with Crippen molar-refractivity contribution in [1.29, 1.82) is 0 Å². The highest BCUT2D eigenvalue weighted by Gasteiger charge is 2.08. The van der Waals surface area contributed by atoms with Crippen LogP contribution in [0.15, 0.2) is 42.5 Å². The van der Waals surface area contributed by atoms with E-state index in [9.17, 15) is 0 Å². The predicted octanol–water partition coefficient (Wildman–Crippen LogP) is 4.07. The first-order valence-electron chi connectivity index (χ1n) is 6.05. The van der Waals surface area contributed by atoms with Gasteiger partial charge in [-0.1, -0.05) is 47.5 Å². The van der Waals surface area contributed by atoms with E-state index in [1.807, 2.05) is 42.5 Å². The smallest absolute Gasteiger partial charge is 0.141 e. The van der Waals surface area contributed by atoms with E-state index in [4.69, 9.17) is 33.7 Å². The monoisotopic (exact) mass is 295 g/mol. The van der Waals surface area contributed by atoms with Gasteiger partial charge in [-0.3, -0.25) is 0 Å². The molecule has 100 valence electrons. The first-order chi connectivity index (χ1) is 9.20. The van der Waals surface area contributed by atoms with Crippen molar-refractivity contribution in [2.45, 2.75) is 13.0 Å². The Hall–Kier alpha value is -1.22. The van der Waals surface area contributed by atoms with E-state index < -0.39 is 0 Å². The molecular formula is C15H15Cl2NO. The van der Waals surface area contributed by atoms with Crippen molar-refractivity contribution in [2.75, 3.05) is 6.54 Å². The highest BCUT2D eigenvalue weighted by molar-refractivity contribution is 6.32. The van der Waals surface area contributed by atoms with Crippen molar-refractivity contribution < 1.29 is 4.74 Å². The van der Waals surface area contributed by atoms with Gasteiger partial charge in [-0.15, -0.1) is 0 Å². The molecule has 0 aliphatic heterocycles. The van der Waals surface area contributed by atoms with E-state index in [2.05, 4.69) is 0 Å². The number of rotatable bonds is 5. The second-order valence-electron chi connectivity index (χ2n) is 4.18. The Morgan fingerprint density at radius 1 is 1.00 bits per heavy atom. The average Bonchev–Trinajstić information content (AvgIpc) is 2.40. The lowest BCUT2D eigenvalue weighted by molar-refractivity contribution is 0.303. The minimum absolute atomic E-state index is 0.457. The number of para-hydroxylation sites is 1. The fourth-order valence-electron chi connectivity index (χ4n) is 1.80. The summed E-state index contributed by atoms with van der Waals surface area (Å²) < 4.78 is 5.82. The van der Waals surface area contributed by atoms with Gasteiger partial charge in [0, 0.05) is 5.02 Å². The van der Waals surface area contributed by atoms with E-state index in [-0.39, 0.29) is 0 Å². The lowest BCUT2D eigenvalue weighted by Gasteiger charge is -2.12. The van der Waals surface area contributed by atoms with Crippen LogP contribution in [0, 0.1) is 0 Å². The van der Waals surface area contributed by atoms with E-state index in [0.717, 1.165) is 17.5 Å². The lowest BCUT2D eigenvalue weighted by Crippen LogP contribution is -2.05. The first kappa shape index (κ1) is 14.2. The maximum atomic E-state index is 6.17. The van der Waals surface area contributed by atoms with Crippen molar-refractivity contribution in [3.63, 3.8) is 0 Å². The van der Waals surface area contributed by atoms with Crippen molar-refractivity contribution in [1.82, 2.24) is 0 Å². The van der Waals surface area contributed by atoms with E-state index in [1.165, 1.54) is 0 Å². The highest BCUT2D eigenvalue weighted by atomic mass is 35.5. The van der Waals surface area contributed by atoms with Gasteiger partial charge in [0.15, 0.2) is 0 Å². The first-order valence-corrected chi connectivity index (χ1v) is 6.81. The maximum Gasteiger partial charge on any atom is 0.141 e. The van der Waals surface area contributed by atoms with Crippen LogP contribution >= 0.6 is 23.2 Å². The average molecular weight is 296 g/mol. The summed E-state index contributed by atoms with van der Waals surface area (Å²) in [6.07, 6.45) is 0.747. The molecule has 2 aromatic rings. The Labute approximate surface area is 123 Å². The van der Waals surface area contributed by atoms with Crippen molar-refractivity contribution in [2.24, 2.45) is 5.73 Å². The number of halogens is 2. The molecular weight excluding hydrogens is 281 g/mol. The third kappa shape index (κ3) is 3.87. The number of benzene rings is 2. The second kappa shape index (κ2) is 6.80. The van der Waals surface area contributed by atoms with Crippen molar-refractivity contribution in [3.8, 4) is 5.75 Å². The van der Waals surface area contributed by atoms with Crippen LogP contribution in [0.1, 0.15) is 11.1 Å². The quantitative estimate of drug-likeness (QED) is 0.902. The van der Waals surface area contributed by atoms with E-state index in [0.29, 0.717) is 28.9 Å². The standard InChI is InChI=1S/C15H15Cl2NO/c16-13-6-4-11(5-7-13)10-19-15-12(8-9-18)2-1-3-14(15)17/h1-7H,8-10,18H2. The molecule has 0 saturated carbocycles. The number of ether oxygens (including phenoxy) is 1. The molecule has 0 radical (unpaired) electrons. The summed E-state index contributed by atoms with van der Waals surface area (Å²) >= 11 is 12.0. The Balaban J connectivity index is 2.12. The summed E-state index contributed by atoms with van der Waals surface area (Å²) in [5, 5.41) is 1.32. The fourth-order valence-corrected chi connectivity index (χ4v) is 2.18. The van der Waals surface area contributed by atoms with Crippen LogP contribution < -0.4 is 10.5 Å². The predicted molar refractivity (Wildman–Crippen MR) is 80.0 cm³/mol. The molecule has 0 saturated heterocycles. The zero-order valence-corrected chi connectivity index (χ0v) is 11.9. The van der Waals surface area contributed by atoms with Crippen LogP contribution in [0.5, 0.6) is 5.75 Å². The third-order valence-electron chi connectivity index (χ3n) is 2.76. The van der Waals surface area contributed by atoms with Crippen LogP contribution in [0.2, 0.25) is 10.0 Å². The third-order valence-corrected chi connectivity index (χ3v) is 3.31. The van der Waals surface area contributed by atoms with Gasteiger partial charge in [-0.25, -0.2) is 0 Å². The fraction of sp³-hybridized carbons (Fsp3) is 0.200. The SMILES string of the molecule is NCCc1cccc(Cl)c1OCc1ccc(Cl)cc1. The molecule has 0 fully saturated rings. The Morgan fingerprint density at radius 3 is 2.42 bits per heavy atom. The lowest BCUT2D eigenvalue weighted by atomic mass is 10.1. The number of nitrogens with two attached hydrogens (primary N) is 1. The zero-order valence-electron chi connectivity index (χ0n) is 10.4. The maximum absolute atomic E-state index is 6.17. The summed E-state index contributed by atoms with van der Waals surface area (Å²) in [7, 11) is 0. The van der Waals surface area contributed by atoms with Crippen molar-refractivity contribution >= 4 is 23.2 Å². The number of hydrogen-bond donors (Lipinski definition) is 1. The second-order valence-corrected chi connectivity index (χ2v) is 5.03. The molecule has 0 aliphatic carbocycles. The van der Waals surface area contributed by atoms with Gasteiger partial charge < -0.3 is 10.5 Å². The molecule has 19 heavy (non-hydrogen) atoms. The highest BCUT2D eigenvalue weighted by Crippen LogP contribution is 2.29. The molecule has 0 bridgehead atoms. The summed E-state index contributed by atoms with van der Waals surface area (Å²) in [6, 6.07) is 13.3. The molecule has 0 aromatic heterocycles. The van der Waals surface area contributed by atoms with Gasteiger partial charge in [0.1, 0.15) is 12.4 Å². The summed E-state index contributed by atoms with van der Waals surface area (Å²) in [6.45, 7) is 1.02. The number of hydrogen-bond acceptors (Lipinski definition) is 2. The molecule has 0 heterocycles. The van der Waals surface area contributed by atoms with Gasteiger partial charge in [0.25, 0.3) is 0 Å². The van der Waals surface area contributed by atoms with Crippen LogP contribution in [0.3, 0.4) is 0 Å². The Morgan fingerprint density at radius 2 is 1.74 bits per heavy atom. The van der Waals surface area contributed by atoms with Crippen LogP contribution in [-0.2, 0) is 13.0 Å². The van der Waals surface area contributed by atoms with Gasteiger partial charge in [0.2, 0.25) is 0 Å². The molecule has 2 N–H and O–H groups in total. The molecule has 2 rings (SSSR count). The molecule has 0 unspecified atom stereocenters. The van der Waals surface area contributed by atoms with Crippen molar-refractivity contribution in [3.05, 3.63) is 63.6 Å². The Bertz CT molecular complexity index is 540. The van der Waals surface area contributed by atoms with E-state index >= 15 is 0 Å². The molecule has 0 atom stereocenters. The molecule has 2 aromatic carbocycles. The zero-order chi connectivity index (χ0) is 13.7. The Kier molecular flexibility index (Phi) is 5.08. The topological polar surface area (TPSA) is 35.2 Å². The van der Waals surface area contributed by atoms with Gasteiger partial charge in [0.05, 0.1) is 5.02 Å². The van der Waals surface area contributed by atoms with Gasteiger partial charge in [-0.05, 0) is 42.3 Å². The minimum atomic E-state index is 0.457. The van der Waals surface area contributed by atoms with Gasteiger partial charge in [-0.2, -0.15) is 0 Å². The van der Waals surface area contributed by atoms with Crippen LogP contribution in [0.4, 0.5) is 0 Å².